The smallest absolute Gasteiger partial charge is 0.241 e. The van der Waals surface area contributed by atoms with E-state index in [1.807, 2.05) is 6.08 Å². The van der Waals surface area contributed by atoms with Crippen molar-refractivity contribution >= 4 is 5.91 Å². The number of nitrogens with two attached hydrogens (primary N) is 1. The molecule has 16 heavy (non-hydrogen) atoms. The van der Waals surface area contributed by atoms with Crippen molar-refractivity contribution in [3.63, 3.8) is 0 Å². The number of hydrogen-bond donors (Lipinski definition) is 1. The maximum atomic E-state index is 10.7. The Balaban J connectivity index is 1.91. The minimum atomic E-state index is -0.368. The summed E-state index contributed by atoms with van der Waals surface area (Å²) in [6, 6.07) is 0.318. The van der Waals surface area contributed by atoms with Crippen molar-refractivity contribution in [3.05, 3.63) is 12.2 Å². The topological polar surface area (TPSA) is 55.6 Å². The lowest BCUT2D eigenvalue weighted by Crippen LogP contribution is -2.68. The van der Waals surface area contributed by atoms with Crippen molar-refractivity contribution in [1.29, 1.82) is 0 Å². The average molecular weight is 224 g/mol. The molecule has 0 aliphatic carbocycles. The van der Waals surface area contributed by atoms with Crippen LogP contribution in [0.3, 0.4) is 0 Å². The lowest BCUT2D eigenvalue weighted by molar-refractivity contribution is -0.197. The second-order valence-electron chi connectivity index (χ2n) is 5.39. The molecule has 0 aromatic carbocycles. The summed E-state index contributed by atoms with van der Waals surface area (Å²) < 4.78 is 5.25. The van der Waals surface area contributed by atoms with Gasteiger partial charge in [-0.2, -0.15) is 0 Å². The highest BCUT2D eigenvalue weighted by molar-refractivity contribution is 5.85. The van der Waals surface area contributed by atoms with E-state index in [0.29, 0.717) is 17.4 Å². The lowest BCUT2D eigenvalue weighted by Gasteiger charge is -2.57. The zero-order valence-electron chi connectivity index (χ0n) is 9.98. The van der Waals surface area contributed by atoms with Crippen LogP contribution in [0.2, 0.25) is 0 Å². The molecule has 0 radical (unpaired) electrons. The van der Waals surface area contributed by atoms with Crippen LogP contribution in [0.25, 0.3) is 0 Å². The Morgan fingerprint density at radius 1 is 1.44 bits per heavy atom. The van der Waals surface area contributed by atoms with Gasteiger partial charge in [-0.1, -0.05) is 19.9 Å². The summed E-state index contributed by atoms with van der Waals surface area (Å²) in [4.78, 5) is 13.1. The first-order valence-corrected chi connectivity index (χ1v) is 5.82. The molecule has 0 saturated carbocycles. The zero-order chi connectivity index (χ0) is 11.8. The molecule has 1 amide bonds. The highest BCUT2D eigenvalue weighted by atomic mass is 16.5. The molecular formula is C12H20N2O2. The molecule has 1 unspecified atom stereocenters. The molecule has 2 N–H and O–H groups in total. The van der Waals surface area contributed by atoms with Crippen LogP contribution in [0.5, 0.6) is 0 Å². The molecular weight excluding hydrogens is 204 g/mol. The standard InChI is InChI=1S/C12H20N2O2/c1-9(2)10(3-4-11(13)15)14-5-12(6-14)7-16-8-12/h3-4,9-10H,5-8H2,1-2H3,(H2,13,15). The van der Waals surface area contributed by atoms with Gasteiger partial charge in [0.05, 0.1) is 13.2 Å². The molecule has 0 bridgehead atoms. The van der Waals surface area contributed by atoms with E-state index in [1.54, 1.807) is 0 Å². The fourth-order valence-corrected chi connectivity index (χ4v) is 2.56. The van der Waals surface area contributed by atoms with Crippen LogP contribution in [0, 0.1) is 11.3 Å². The highest BCUT2D eigenvalue weighted by Gasteiger charge is 2.50. The Morgan fingerprint density at radius 3 is 2.44 bits per heavy atom. The van der Waals surface area contributed by atoms with Gasteiger partial charge >= 0.3 is 0 Å². The first-order valence-electron chi connectivity index (χ1n) is 5.82. The molecule has 2 heterocycles. The number of ether oxygens (including phenoxy) is 1. The summed E-state index contributed by atoms with van der Waals surface area (Å²) in [5.74, 6) is 0.127. The summed E-state index contributed by atoms with van der Waals surface area (Å²) >= 11 is 0. The van der Waals surface area contributed by atoms with Crippen LogP contribution < -0.4 is 5.73 Å². The number of hydrogen-bond acceptors (Lipinski definition) is 3. The monoisotopic (exact) mass is 224 g/mol. The number of carbonyl (C=O) groups excluding carboxylic acids is 1. The summed E-state index contributed by atoms with van der Waals surface area (Å²) in [6.07, 6.45) is 3.41. The Kier molecular flexibility index (Phi) is 3.04. The van der Waals surface area contributed by atoms with Crippen LogP contribution in [0.1, 0.15) is 13.8 Å². The first-order chi connectivity index (χ1) is 7.52. The first kappa shape index (κ1) is 11.6. The van der Waals surface area contributed by atoms with Crippen LogP contribution in [-0.2, 0) is 9.53 Å². The van der Waals surface area contributed by atoms with E-state index < -0.39 is 0 Å². The third-order valence-electron chi connectivity index (χ3n) is 3.46. The third-order valence-corrected chi connectivity index (χ3v) is 3.46. The van der Waals surface area contributed by atoms with Crippen molar-refractivity contribution in [2.24, 2.45) is 17.1 Å². The minimum absolute atomic E-state index is 0.318. The fourth-order valence-electron chi connectivity index (χ4n) is 2.56. The quantitative estimate of drug-likeness (QED) is 0.703. The number of likely N-dealkylation sites (tertiary alicyclic amines) is 1. The summed E-state index contributed by atoms with van der Waals surface area (Å²) in [5, 5.41) is 0. The minimum Gasteiger partial charge on any atom is -0.380 e. The van der Waals surface area contributed by atoms with Crippen molar-refractivity contribution in [3.8, 4) is 0 Å². The third kappa shape index (κ3) is 2.13. The van der Waals surface area contributed by atoms with E-state index in [0.717, 1.165) is 26.3 Å². The van der Waals surface area contributed by atoms with E-state index in [1.165, 1.54) is 6.08 Å². The second-order valence-corrected chi connectivity index (χ2v) is 5.39. The predicted molar refractivity (Wildman–Crippen MR) is 61.8 cm³/mol. The van der Waals surface area contributed by atoms with Gasteiger partial charge in [-0.15, -0.1) is 0 Å². The number of nitrogens with zero attached hydrogens (tertiary/aromatic N) is 1. The molecule has 4 nitrogen and oxygen atoms in total. The van der Waals surface area contributed by atoms with Gasteiger partial charge in [-0.05, 0) is 5.92 Å². The van der Waals surface area contributed by atoms with Crippen LogP contribution >= 0.6 is 0 Å². The molecule has 90 valence electrons. The van der Waals surface area contributed by atoms with E-state index >= 15 is 0 Å². The van der Waals surface area contributed by atoms with Crippen molar-refractivity contribution in [2.75, 3.05) is 26.3 Å². The fraction of sp³-hybridized carbons (Fsp3) is 0.750. The molecule has 2 rings (SSSR count). The van der Waals surface area contributed by atoms with Gasteiger partial charge in [0.15, 0.2) is 0 Å². The largest absolute Gasteiger partial charge is 0.380 e. The number of carbonyl (C=O) groups is 1. The maximum Gasteiger partial charge on any atom is 0.241 e. The Labute approximate surface area is 96.4 Å². The number of rotatable bonds is 4. The number of primary amides is 1. The van der Waals surface area contributed by atoms with E-state index in [2.05, 4.69) is 18.7 Å². The van der Waals surface area contributed by atoms with Crippen LogP contribution in [0.4, 0.5) is 0 Å². The van der Waals surface area contributed by atoms with Gasteiger partial charge in [0.1, 0.15) is 0 Å². The van der Waals surface area contributed by atoms with Crippen molar-refractivity contribution < 1.29 is 9.53 Å². The molecule has 4 heteroatoms. The Morgan fingerprint density at radius 2 is 2.06 bits per heavy atom. The van der Waals surface area contributed by atoms with Crippen molar-refractivity contribution in [2.45, 2.75) is 19.9 Å². The van der Waals surface area contributed by atoms with Gasteiger partial charge in [0.25, 0.3) is 0 Å². The normalized spacial score (nSPS) is 25.7. The highest BCUT2D eigenvalue weighted by Crippen LogP contribution is 2.39. The summed E-state index contributed by atoms with van der Waals surface area (Å²) in [6.45, 7) is 8.29. The van der Waals surface area contributed by atoms with Gasteiger partial charge in [-0.3, -0.25) is 9.69 Å². The van der Waals surface area contributed by atoms with E-state index in [9.17, 15) is 4.79 Å². The molecule has 2 fully saturated rings. The van der Waals surface area contributed by atoms with Crippen LogP contribution in [-0.4, -0.2) is 43.2 Å². The predicted octanol–water partition coefficient (Wildman–Crippen LogP) is 0.385. The van der Waals surface area contributed by atoms with Gasteiger partial charge in [-0.25, -0.2) is 0 Å². The average Bonchev–Trinajstić information content (AvgIpc) is 2.03. The molecule has 2 saturated heterocycles. The van der Waals surface area contributed by atoms with Crippen molar-refractivity contribution in [1.82, 2.24) is 4.90 Å². The molecule has 0 aromatic rings. The lowest BCUT2D eigenvalue weighted by atomic mass is 9.76. The second kappa shape index (κ2) is 4.18. The van der Waals surface area contributed by atoms with E-state index in [4.69, 9.17) is 10.5 Å². The SMILES string of the molecule is CC(C)C(C=CC(N)=O)N1CC2(COC2)C1. The zero-order valence-corrected chi connectivity index (χ0v) is 9.98. The maximum absolute atomic E-state index is 10.7. The molecule has 2 aliphatic heterocycles. The van der Waals surface area contributed by atoms with Gasteiger partial charge in [0.2, 0.25) is 5.91 Å². The van der Waals surface area contributed by atoms with Gasteiger partial charge in [0, 0.05) is 30.6 Å². The molecule has 1 spiro atoms. The van der Waals surface area contributed by atoms with Gasteiger partial charge < -0.3 is 10.5 Å². The Hall–Kier alpha value is -0.870. The Bertz CT molecular complexity index is 300. The molecule has 2 aliphatic rings. The summed E-state index contributed by atoms with van der Waals surface area (Å²) in [7, 11) is 0. The number of amides is 1. The van der Waals surface area contributed by atoms with Crippen LogP contribution in [0.15, 0.2) is 12.2 Å². The molecule has 1 atom stereocenters. The summed E-state index contributed by atoms with van der Waals surface area (Å²) in [5.41, 5.74) is 5.55. The molecule has 0 aromatic heterocycles. The van der Waals surface area contributed by atoms with E-state index in [-0.39, 0.29) is 5.91 Å².